The molecule has 1 heterocycles. The maximum atomic E-state index is 5.87. The molecule has 106 valence electrons. The third-order valence-corrected chi connectivity index (χ3v) is 4.03. The van der Waals surface area contributed by atoms with Crippen molar-refractivity contribution in [2.24, 2.45) is 0 Å². The van der Waals surface area contributed by atoms with Gasteiger partial charge in [-0.25, -0.2) is 0 Å². The number of nitrogens with one attached hydrogen (secondary N) is 1. The lowest BCUT2D eigenvalue weighted by atomic mass is 10.1. The highest BCUT2D eigenvalue weighted by atomic mass is 35.5. The van der Waals surface area contributed by atoms with E-state index < -0.39 is 0 Å². The van der Waals surface area contributed by atoms with E-state index in [2.05, 4.69) is 22.3 Å². The molecule has 0 radical (unpaired) electrons. The van der Waals surface area contributed by atoms with Gasteiger partial charge in [0, 0.05) is 5.02 Å². The lowest BCUT2D eigenvalue weighted by molar-refractivity contribution is 0.226. The predicted octanol–water partition coefficient (Wildman–Crippen LogP) is 3.35. The molecule has 0 spiro atoms. The van der Waals surface area contributed by atoms with E-state index in [9.17, 15) is 0 Å². The van der Waals surface area contributed by atoms with Gasteiger partial charge in [0.25, 0.3) is 0 Å². The van der Waals surface area contributed by atoms with Gasteiger partial charge in [-0.05, 0) is 76.1 Å². The van der Waals surface area contributed by atoms with Crippen LogP contribution in [0.4, 0.5) is 0 Å². The van der Waals surface area contributed by atoms with E-state index in [4.69, 9.17) is 11.6 Å². The average molecular weight is 281 g/mol. The molecule has 1 saturated heterocycles. The summed E-state index contributed by atoms with van der Waals surface area (Å²) in [5.74, 6) is 0. The Morgan fingerprint density at radius 2 is 1.74 bits per heavy atom. The number of likely N-dealkylation sites (tertiary alicyclic amines) is 1. The third kappa shape index (κ3) is 5.94. The number of benzene rings is 1. The van der Waals surface area contributed by atoms with Gasteiger partial charge in [0.05, 0.1) is 0 Å². The maximum Gasteiger partial charge on any atom is 0.0406 e. The summed E-state index contributed by atoms with van der Waals surface area (Å²) < 4.78 is 0. The quantitative estimate of drug-likeness (QED) is 0.771. The molecule has 0 bridgehead atoms. The molecule has 2 nitrogen and oxygen atoms in total. The summed E-state index contributed by atoms with van der Waals surface area (Å²) in [6.45, 7) is 6.06. The zero-order valence-corrected chi connectivity index (χ0v) is 12.5. The molecule has 0 atom stereocenters. The molecule has 0 aromatic heterocycles. The number of hydrogen-bond donors (Lipinski definition) is 1. The monoisotopic (exact) mass is 280 g/mol. The van der Waals surface area contributed by atoms with E-state index >= 15 is 0 Å². The summed E-state index contributed by atoms with van der Waals surface area (Å²) in [6.07, 6.45) is 6.56. The average Bonchev–Trinajstić information content (AvgIpc) is 2.46. The van der Waals surface area contributed by atoms with Crippen LogP contribution in [0, 0.1) is 0 Å². The summed E-state index contributed by atoms with van der Waals surface area (Å²) in [6, 6.07) is 8.15. The fraction of sp³-hybridized carbons (Fsp3) is 0.625. The number of rotatable bonds is 7. The molecular formula is C16H25ClN2. The second kappa shape index (κ2) is 8.57. The Morgan fingerprint density at radius 1 is 1.00 bits per heavy atom. The predicted molar refractivity (Wildman–Crippen MR) is 82.9 cm³/mol. The number of halogens is 1. The van der Waals surface area contributed by atoms with Gasteiger partial charge in [0.15, 0.2) is 0 Å². The van der Waals surface area contributed by atoms with Gasteiger partial charge >= 0.3 is 0 Å². The van der Waals surface area contributed by atoms with Crippen molar-refractivity contribution in [3.05, 3.63) is 34.9 Å². The number of piperidine rings is 1. The minimum Gasteiger partial charge on any atom is -0.316 e. The van der Waals surface area contributed by atoms with E-state index in [1.54, 1.807) is 0 Å². The molecule has 3 heteroatoms. The standard InChI is InChI=1S/C16H25ClN2/c17-16-7-5-15(6-8-16)9-11-18-10-4-14-19-12-2-1-3-13-19/h5-8,18H,1-4,9-14H2. The Bertz CT molecular complexity index is 344. The van der Waals surface area contributed by atoms with E-state index in [0.29, 0.717) is 0 Å². The first kappa shape index (κ1) is 14.8. The third-order valence-electron chi connectivity index (χ3n) is 3.78. The highest BCUT2D eigenvalue weighted by Crippen LogP contribution is 2.10. The van der Waals surface area contributed by atoms with Gasteiger partial charge in [-0.3, -0.25) is 0 Å². The van der Waals surface area contributed by atoms with E-state index in [1.807, 2.05) is 12.1 Å². The van der Waals surface area contributed by atoms with Gasteiger partial charge < -0.3 is 10.2 Å². The summed E-state index contributed by atoms with van der Waals surface area (Å²) in [7, 11) is 0. The lowest BCUT2D eigenvalue weighted by Gasteiger charge is -2.26. The molecule has 1 aromatic rings. The Balaban J connectivity index is 1.49. The van der Waals surface area contributed by atoms with Crippen molar-refractivity contribution in [1.29, 1.82) is 0 Å². The van der Waals surface area contributed by atoms with Crippen LogP contribution >= 0.6 is 11.6 Å². The van der Waals surface area contributed by atoms with Gasteiger partial charge in [0.2, 0.25) is 0 Å². The second-order valence-corrected chi connectivity index (χ2v) is 5.82. The highest BCUT2D eigenvalue weighted by molar-refractivity contribution is 6.30. The van der Waals surface area contributed by atoms with Gasteiger partial charge in [-0.15, -0.1) is 0 Å². The Hall–Kier alpha value is -0.570. The molecule has 0 amide bonds. The van der Waals surface area contributed by atoms with Crippen molar-refractivity contribution < 1.29 is 0 Å². The van der Waals surface area contributed by atoms with Crippen LogP contribution in [0.3, 0.4) is 0 Å². The van der Waals surface area contributed by atoms with E-state index in [1.165, 1.54) is 50.9 Å². The first-order chi connectivity index (χ1) is 9.34. The normalized spacial score (nSPS) is 16.7. The summed E-state index contributed by atoms with van der Waals surface area (Å²) in [4.78, 5) is 2.60. The molecule has 1 aromatic carbocycles. The largest absolute Gasteiger partial charge is 0.316 e. The topological polar surface area (TPSA) is 15.3 Å². The summed E-state index contributed by atoms with van der Waals surface area (Å²) in [5, 5.41) is 4.35. The highest BCUT2D eigenvalue weighted by Gasteiger charge is 2.08. The van der Waals surface area contributed by atoms with Crippen LogP contribution in [0.15, 0.2) is 24.3 Å². The van der Waals surface area contributed by atoms with Crippen LogP contribution in [0.1, 0.15) is 31.2 Å². The smallest absolute Gasteiger partial charge is 0.0406 e. The molecular weight excluding hydrogens is 256 g/mol. The number of nitrogens with zero attached hydrogens (tertiary/aromatic N) is 1. The van der Waals surface area contributed by atoms with Crippen LogP contribution in [0.2, 0.25) is 5.02 Å². The molecule has 1 aliphatic heterocycles. The van der Waals surface area contributed by atoms with Crippen LogP contribution < -0.4 is 5.32 Å². The fourth-order valence-corrected chi connectivity index (χ4v) is 2.75. The van der Waals surface area contributed by atoms with Crippen molar-refractivity contribution in [1.82, 2.24) is 10.2 Å². The van der Waals surface area contributed by atoms with Crippen LogP contribution in [-0.2, 0) is 6.42 Å². The van der Waals surface area contributed by atoms with Crippen molar-refractivity contribution in [2.75, 3.05) is 32.7 Å². The minimum atomic E-state index is 0.818. The molecule has 1 N–H and O–H groups in total. The van der Waals surface area contributed by atoms with Crippen molar-refractivity contribution >= 4 is 11.6 Å². The van der Waals surface area contributed by atoms with Crippen LogP contribution in [-0.4, -0.2) is 37.6 Å². The van der Waals surface area contributed by atoms with Gasteiger partial charge in [0.1, 0.15) is 0 Å². The molecule has 2 rings (SSSR count). The van der Waals surface area contributed by atoms with E-state index in [-0.39, 0.29) is 0 Å². The molecule has 19 heavy (non-hydrogen) atoms. The van der Waals surface area contributed by atoms with E-state index in [0.717, 1.165) is 24.5 Å². The molecule has 0 unspecified atom stereocenters. The lowest BCUT2D eigenvalue weighted by Crippen LogP contribution is -2.32. The zero-order valence-electron chi connectivity index (χ0n) is 11.7. The Labute approximate surface area is 122 Å². The van der Waals surface area contributed by atoms with Crippen molar-refractivity contribution in [3.63, 3.8) is 0 Å². The molecule has 1 aliphatic rings. The number of hydrogen-bond acceptors (Lipinski definition) is 2. The first-order valence-corrected chi connectivity index (χ1v) is 7.90. The molecule has 1 fully saturated rings. The molecule has 0 saturated carbocycles. The fourth-order valence-electron chi connectivity index (χ4n) is 2.62. The second-order valence-electron chi connectivity index (χ2n) is 5.38. The summed E-state index contributed by atoms with van der Waals surface area (Å²) >= 11 is 5.87. The van der Waals surface area contributed by atoms with Crippen molar-refractivity contribution in [3.8, 4) is 0 Å². The van der Waals surface area contributed by atoms with Gasteiger partial charge in [-0.1, -0.05) is 30.2 Å². The maximum absolute atomic E-state index is 5.87. The zero-order chi connectivity index (χ0) is 13.3. The van der Waals surface area contributed by atoms with Crippen LogP contribution in [0.25, 0.3) is 0 Å². The minimum absolute atomic E-state index is 0.818. The first-order valence-electron chi connectivity index (χ1n) is 7.52. The Kier molecular flexibility index (Phi) is 6.69. The van der Waals surface area contributed by atoms with Crippen molar-refractivity contribution in [2.45, 2.75) is 32.1 Å². The van der Waals surface area contributed by atoms with Gasteiger partial charge in [-0.2, -0.15) is 0 Å². The SMILES string of the molecule is Clc1ccc(CCNCCCN2CCCCC2)cc1. The molecule has 0 aliphatic carbocycles. The van der Waals surface area contributed by atoms with Crippen LogP contribution in [0.5, 0.6) is 0 Å². The Morgan fingerprint density at radius 3 is 2.47 bits per heavy atom. The summed E-state index contributed by atoms with van der Waals surface area (Å²) in [5.41, 5.74) is 1.35.